The van der Waals surface area contributed by atoms with Crippen LogP contribution in [0, 0.1) is 11.8 Å². The number of nitrogens with zero attached hydrogens (tertiary/aromatic N) is 2. The van der Waals surface area contributed by atoms with E-state index in [1.807, 2.05) is 0 Å². The third-order valence-electron chi connectivity index (χ3n) is 16.2. The monoisotopic (exact) mass is 1100 g/mol. The fourth-order valence-electron chi connectivity index (χ4n) is 11.7. The fourth-order valence-corrected chi connectivity index (χ4v) is 11.7. The molecule has 0 N–H and O–H groups in total. The van der Waals surface area contributed by atoms with Crippen molar-refractivity contribution in [1.29, 1.82) is 0 Å². The van der Waals surface area contributed by atoms with Crippen molar-refractivity contribution < 1.29 is 57.1 Å². The third kappa shape index (κ3) is 9.94. The minimum atomic E-state index is -0.477. The molecule has 2 atom stereocenters. The lowest BCUT2D eigenvalue weighted by atomic mass is 9.80. The van der Waals surface area contributed by atoms with Crippen molar-refractivity contribution in [3.8, 4) is 69.0 Å². The van der Waals surface area contributed by atoms with Crippen LogP contribution in [0.25, 0.3) is 43.1 Å². The zero-order valence-electron chi connectivity index (χ0n) is 47.6. The summed E-state index contributed by atoms with van der Waals surface area (Å²) in [6.45, 7) is 8.82. The van der Waals surface area contributed by atoms with E-state index >= 15 is 19.2 Å². The molecule has 2 aliphatic rings. The van der Waals surface area contributed by atoms with Gasteiger partial charge in [0.05, 0.1) is 50.7 Å². The van der Waals surface area contributed by atoms with E-state index in [2.05, 4.69) is 27.7 Å². The second-order valence-corrected chi connectivity index (χ2v) is 21.1. The Morgan fingerprint density at radius 2 is 0.561 bits per heavy atom. The molecule has 0 saturated carbocycles. The fraction of sp³-hybridized carbons (Fsp3) is 0.294. The van der Waals surface area contributed by atoms with Crippen LogP contribution in [0.5, 0.6) is 69.0 Å². The van der Waals surface area contributed by atoms with Crippen LogP contribution in [0.1, 0.15) is 120 Å². The van der Waals surface area contributed by atoms with E-state index < -0.39 is 23.6 Å². The predicted octanol–water partition coefficient (Wildman–Crippen LogP) is 16.6. The molecule has 11 rings (SSSR count). The van der Waals surface area contributed by atoms with Gasteiger partial charge in [-0.15, -0.1) is 0 Å². The third-order valence-corrected chi connectivity index (χ3v) is 16.2. The van der Waals surface area contributed by atoms with Crippen molar-refractivity contribution in [3.63, 3.8) is 0 Å². The summed E-state index contributed by atoms with van der Waals surface area (Å²) in [5, 5.41) is 3.23. The Morgan fingerprint density at radius 3 is 0.768 bits per heavy atom. The van der Waals surface area contributed by atoms with Gasteiger partial charge in [0, 0.05) is 56.2 Å². The maximum Gasteiger partial charge on any atom is 0.261 e. The summed E-state index contributed by atoms with van der Waals surface area (Å²) in [5.41, 5.74) is 0.938. The minimum absolute atomic E-state index is 0.0413. The normalized spacial score (nSPS) is 13.8. The first-order valence-electron chi connectivity index (χ1n) is 28.3. The van der Waals surface area contributed by atoms with Crippen molar-refractivity contribution in [2.45, 2.75) is 79.1 Å². The van der Waals surface area contributed by atoms with Crippen LogP contribution in [0.2, 0.25) is 0 Å². The summed E-state index contributed by atoms with van der Waals surface area (Å²) >= 11 is 0. The summed E-state index contributed by atoms with van der Waals surface area (Å²) in [6.07, 6.45) is 7.00. The molecule has 420 valence electrons. The molecule has 0 aliphatic carbocycles. The molecule has 82 heavy (non-hydrogen) atoms. The maximum atomic E-state index is 15.6. The Labute approximate surface area is 476 Å². The number of carbonyl (C=O) groups excluding carboxylic acids is 4. The number of ether oxygens (including phenoxy) is 8. The van der Waals surface area contributed by atoms with E-state index in [0.717, 1.165) is 51.4 Å². The first kappa shape index (κ1) is 54.9. The number of methoxy groups -OCH3 is 4. The van der Waals surface area contributed by atoms with Crippen LogP contribution >= 0.6 is 0 Å². The highest BCUT2D eigenvalue weighted by Gasteiger charge is 2.42. The predicted molar refractivity (Wildman–Crippen MR) is 317 cm³/mol. The molecule has 0 bridgehead atoms. The first-order chi connectivity index (χ1) is 39.9. The van der Waals surface area contributed by atoms with Gasteiger partial charge in [-0.05, 0) is 146 Å². The number of imide groups is 2. The number of amides is 4. The number of benzene rings is 9. The second kappa shape index (κ2) is 23.2. The largest absolute Gasteiger partial charge is 0.497 e. The molecule has 14 heteroatoms. The maximum absolute atomic E-state index is 15.6. The van der Waals surface area contributed by atoms with Gasteiger partial charge in [0.25, 0.3) is 23.6 Å². The van der Waals surface area contributed by atoms with Gasteiger partial charge in [-0.3, -0.25) is 29.0 Å². The van der Waals surface area contributed by atoms with Gasteiger partial charge in [-0.2, -0.15) is 0 Å². The van der Waals surface area contributed by atoms with Crippen LogP contribution in [-0.2, 0) is 0 Å². The average Bonchev–Trinajstić information content (AvgIpc) is 0.872. The summed E-state index contributed by atoms with van der Waals surface area (Å²) in [4.78, 5) is 65.1. The summed E-state index contributed by atoms with van der Waals surface area (Å²) < 4.78 is 50.7. The van der Waals surface area contributed by atoms with E-state index in [-0.39, 0.29) is 70.2 Å². The van der Waals surface area contributed by atoms with Crippen LogP contribution < -0.4 is 37.9 Å². The Morgan fingerprint density at radius 1 is 0.329 bits per heavy atom. The lowest BCUT2D eigenvalue weighted by Crippen LogP contribution is -2.43. The topological polar surface area (TPSA) is 149 Å². The summed E-state index contributed by atoms with van der Waals surface area (Å²) in [6, 6.07) is 35.2. The van der Waals surface area contributed by atoms with E-state index in [4.69, 9.17) is 37.9 Å². The smallest absolute Gasteiger partial charge is 0.261 e. The molecule has 2 unspecified atom stereocenters. The number of hydrogen-bond donors (Lipinski definition) is 0. The van der Waals surface area contributed by atoms with Crippen molar-refractivity contribution in [2.75, 3.05) is 41.5 Å². The first-order valence-corrected chi connectivity index (χ1v) is 28.3. The van der Waals surface area contributed by atoms with Gasteiger partial charge in [0.2, 0.25) is 0 Å². The lowest BCUT2D eigenvalue weighted by molar-refractivity contribution is 0.0565. The van der Waals surface area contributed by atoms with Gasteiger partial charge < -0.3 is 37.9 Å². The molecule has 0 aromatic heterocycles. The molecule has 14 nitrogen and oxygen atoms in total. The molecule has 2 aliphatic heterocycles. The number of unbranched alkanes of at least 4 members (excludes halogenated alkanes) is 2. The van der Waals surface area contributed by atoms with Gasteiger partial charge in [-0.25, -0.2) is 0 Å². The lowest BCUT2D eigenvalue weighted by Gasteiger charge is -2.34. The molecular formula is C68H66N2O12. The van der Waals surface area contributed by atoms with Crippen LogP contribution in [0.3, 0.4) is 0 Å². The van der Waals surface area contributed by atoms with E-state index in [1.54, 1.807) is 150 Å². The highest BCUT2D eigenvalue weighted by Crippen LogP contribution is 2.58. The Balaban J connectivity index is 1.33. The van der Waals surface area contributed by atoms with Crippen LogP contribution in [0.15, 0.2) is 121 Å². The van der Waals surface area contributed by atoms with Crippen LogP contribution in [-0.4, -0.2) is 75.0 Å². The molecule has 9 aromatic rings. The summed E-state index contributed by atoms with van der Waals surface area (Å²) in [5.74, 6) is 3.08. The van der Waals surface area contributed by atoms with E-state index in [9.17, 15) is 0 Å². The molecule has 0 radical (unpaired) electrons. The number of rotatable bonds is 24. The molecule has 0 fully saturated rings. The van der Waals surface area contributed by atoms with Crippen molar-refractivity contribution in [2.24, 2.45) is 11.8 Å². The SMILES string of the molecule is CCCCC(CC)CN1C(=O)c2cc(Oc3ccc(OC)cc3)c3c4c(Oc5ccc(OC)cc5)cc5c6c(cc(Oc7ccc(OC)cc7)c(c7c(Oc8ccc(OC)cc8)cc(c2c37)C1=O)c64)C(=O)N(CC(CC)CCCC)C5=O. The van der Waals surface area contributed by atoms with Crippen molar-refractivity contribution >= 4 is 66.7 Å². The van der Waals surface area contributed by atoms with E-state index in [1.165, 1.54) is 9.80 Å². The quantitative estimate of drug-likeness (QED) is 0.0322. The highest BCUT2D eigenvalue weighted by atomic mass is 16.5. The minimum Gasteiger partial charge on any atom is -0.497 e. The highest BCUT2D eigenvalue weighted by molar-refractivity contribution is 6.44. The van der Waals surface area contributed by atoms with Gasteiger partial charge in [-0.1, -0.05) is 66.2 Å². The van der Waals surface area contributed by atoms with Gasteiger partial charge in [0.1, 0.15) is 69.0 Å². The van der Waals surface area contributed by atoms with Crippen molar-refractivity contribution in [1.82, 2.24) is 9.80 Å². The molecular weight excluding hydrogens is 1040 g/mol. The second-order valence-electron chi connectivity index (χ2n) is 21.1. The standard InChI is InChI=1S/C68H66N2O12/c1-9-13-15-39(11-3)37-69-65(71)49-33-53(79-45-25-17-41(75-5)18-26-45)59-61-55(81-47-29-21-43(77-7)22-30-47)35-51-58-52(68(74)70(67(51)73)38-40(12-4)16-14-10-2)36-56(82-48-31-23-44(78-8)24-32-48)62(64(58)61)60-54(34-50(66(69)72)57(49)63(59)60)80-46-27-19-42(76-6)20-28-46/h17-36,39-40H,9-16,37-38H2,1-8H3. The average molecular weight is 1100 g/mol. The number of carbonyl (C=O) groups is 4. The van der Waals surface area contributed by atoms with Crippen LogP contribution in [0.4, 0.5) is 0 Å². The molecule has 0 saturated heterocycles. The van der Waals surface area contributed by atoms with Gasteiger partial charge in [0.15, 0.2) is 0 Å². The Bertz CT molecular complexity index is 3410. The number of hydrogen-bond acceptors (Lipinski definition) is 12. The zero-order chi connectivity index (χ0) is 57.3. The van der Waals surface area contributed by atoms with E-state index in [0.29, 0.717) is 89.1 Å². The van der Waals surface area contributed by atoms with Gasteiger partial charge >= 0.3 is 0 Å². The molecule has 0 spiro atoms. The Kier molecular flexibility index (Phi) is 15.5. The Hall–Kier alpha value is -9.04. The number of fused-ring (bicyclic) bond motifs is 2. The summed E-state index contributed by atoms with van der Waals surface area (Å²) in [7, 11) is 6.33. The van der Waals surface area contributed by atoms with Crippen molar-refractivity contribution in [3.05, 3.63) is 144 Å². The molecule has 2 heterocycles. The zero-order valence-corrected chi connectivity index (χ0v) is 47.6. The molecule has 4 amide bonds. The molecule has 9 aromatic carbocycles.